The molecule has 1 aromatic rings. The first-order valence-corrected chi connectivity index (χ1v) is 6.38. The standard InChI is InChI=1S/C14H19FN2O/c1-9-3-4-11(7-9)17-12-5-6-13(15)14(8-12)16-10(2)18/h5-6,8-9,11,17H,3-4,7H2,1-2H3,(H,16,18). The number of carbonyl (C=O) groups excluding carboxylic acids is 1. The molecule has 2 N–H and O–H groups in total. The molecule has 1 aliphatic carbocycles. The van der Waals surface area contributed by atoms with Gasteiger partial charge in [-0.25, -0.2) is 4.39 Å². The van der Waals surface area contributed by atoms with E-state index in [1.165, 1.54) is 19.4 Å². The summed E-state index contributed by atoms with van der Waals surface area (Å²) in [4.78, 5) is 11.0. The molecule has 98 valence electrons. The lowest BCUT2D eigenvalue weighted by Crippen LogP contribution is -2.16. The second-order valence-corrected chi connectivity index (χ2v) is 5.14. The maximum atomic E-state index is 13.5. The van der Waals surface area contributed by atoms with Gasteiger partial charge in [-0.15, -0.1) is 0 Å². The minimum Gasteiger partial charge on any atom is -0.382 e. The van der Waals surface area contributed by atoms with Crippen molar-refractivity contribution in [2.45, 2.75) is 39.2 Å². The van der Waals surface area contributed by atoms with Crippen molar-refractivity contribution in [3.8, 4) is 0 Å². The van der Waals surface area contributed by atoms with E-state index in [1.54, 1.807) is 12.1 Å². The first kappa shape index (κ1) is 12.9. The van der Waals surface area contributed by atoms with Crippen LogP contribution in [0, 0.1) is 11.7 Å². The number of carbonyl (C=O) groups is 1. The predicted molar refractivity (Wildman–Crippen MR) is 71.1 cm³/mol. The zero-order chi connectivity index (χ0) is 13.1. The fourth-order valence-electron chi connectivity index (χ4n) is 2.47. The predicted octanol–water partition coefficient (Wildman–Crippen LogP) is 3.38. The summed E-state index contributed by atoms with van der Waals surface area (Å²) in [5, 5.41) is 5.89. The van der Waals surface area contributed by atoms with Crippen LogP contribution in [0.2, 0.25) is 0 Å². The molecule has 0 aliphatic heterocycles. The van der Waals surface area contributed by atoms with Crippen LogP contribution in [0.15, 0.2) is 18.2 Å². The molecule has 1 fully saturated rings. The zero-order valence-electron chi connectivity index (χ0n) is 10.8. The molecule has 1 aliphatic rings. The number of benzene rings is 1. The summed E-state index contributed by atoms with van der Waals surface area (Å²) in [5.74, 6) is 0.0776. The molecule has 0 radical (unpaired) electrons. The third-order valence-corrected chi connectivity index (χ3v) is 3.34. The van der Waals surface area contributed by atoms with Crippen molar-refractivity contribution < 1.29 is 9.18 Å². The highest BCUT2D eigenvalue weighted by Gasteiger charge is 2.21. The van der Waals surface area contributed by atoms with Crippen LogP contribution < -0.4 is 10.6 Å². The van der Waals surface area contributed by atoms with Crippen LogP contribution in [-0.2, 0) is 4.79 Å². The molecule has 0 spiro atoms. The Balaban J connectivity index is 2.07. The first-order chi connectivity index (χ1) is 8.54. The molecule has 4 heteroatoms. The Morgan fingerprint density at radius 2 is 2.17 bits per heavy atom. The molecule has 1 aromatic carbocycles. The third kappa shape index (κ3) is 3.22. The van der Waals surface area contributed by atoms with Crippen LogP contribution in [0.1, 0.15) is 33.1 Å². The molecular formula is C14H19FN2O. The van der Waals surface area contributed by atoms with E-state index in [-0.39, 0.29) is 11.6 Å². The van der Waals surface area contributed by atoms with Crippen LogP contribution >= 0.6 is 0 Å². The Morgan fingerprint density at radius 1 is 1.39 bits per heavy atom. The van der Waals surface area contributed by atoms with E-state index in [0.717, 1.165) is 24.4 Å². The quantitative estimate of drug-likeness (QED) is 0.863. The second kappa shape index (κ2) is 5.38. The summed E-state index contributed by atoms with van der Waals surface area (Å²) in [7, 11) is 0. The van der Waals surface area contributed by atoms with Crippen LogP contribution in [0.4, 0.5) is 15.8 Å². The van der Waals surface area contributed by atoms with Crippen molar-refractivity contribution in [3.63, 3.8) is 0 Å². The van der Waals surface area contributed by atoms with Gasteiger partial charge in [0.15, 0.2) is 0 Å². The third-order valence-electron chi connectivity index (χ3n) is 3.34. The van der Waals surface area contributed by atoms with Gasteiger partial charge in [0.2, 0.25) is 5.91 Å². The molecule has 2 unspecified atom stereocenters. The highest BCUT2D eigenvalue weighted by Crippen LogP contribution is 2.28. The van der Waals surface area contributed by atoms with E-state index >= 15 is 0 Å². The molecule has 2 rings (SSSR count). The lowest BCUT2D eigenvalue weighted by Gasteiger charge is -2.15. The Kier molecular flexibility index (Phi) is 3.84. The van der Waals surface area contributed by atoms with Gasteiger partial charge in [0.1, 0.15) is 5.82 Å². The van der Waals surface area contributed by atoms with Gasteiger partial charge in [0.05, 0.1) is 5.69 Å². The van der Waals surface area contributed by atoms with E-state index in [9.17, 15) is 9.18 Å². The molecule has 2 atom stereocenters. The molecule has 1 saturated carbocycles. The van der Waals surface area contributed by atoms with Gasteiger partial charge in [-0.3, -0.25) is 4.79 Å². The van der Waals surface area contributed by atoms with Gasteiger partial charge in [-0.2, -0.15) is 0 Å². The smallest absolute Gasteiger partial charge is 0.221 e. The van der Waals surface area contributed by atoms with Gasteiger partial charge in [-0.1, -0.05) is 6.92 Å². The number of hydrogen-bond donors (Lipinski definition) is 2. The topological polar surface area (TPSA) is 41.1 Å². The Labute approximate surface area is 107 Å². The monoisotopic (exact) mass is 250 g/mol. The SMILES string of the molecule is CC(=O)Nc1cc(NC2CCC(C)C2)ccc1F. The minimum atomic E-state index is -0.407. The van der Waals surface area contributed by atoms with E-state index in [1.807, 2.05) is 0 Å². The van der Waals surface area contributed by atoms with Crippen LogP contribution in [0.25, 0.3) is 0 Å². The molecule has 0 heterocycles. The first-order valence-electron chi connectivity index (χ1n) is 6.38. The fourth-order valence-corrected chi connectivity index (χ4v) is 2.47. The van der Waals surface area contributed by atoms with Crippen LogP contribution in [0.5, 0.6) is 0 Å². The summed E-state index contributed by atoms with van der Waals surface area (Å²) in [6, 6.07) is 5.20. The second-order valence-electron chi connectivity index (χ2n) is 5.14. The normalized spacial score (nSPS) is 22.8. The Hall–Kier alpha value is -1.58. The summed E-state index contributed by atoms with van der Waals surface area (Å²) in [6.07, 6.45) is 3.53. The summed E-state index contributed by atoms with van der Waals surface area (Å²) in [6.45, 7) is 3.62. The van der Waals surface area contributed by atoms with E-state index in [0.29, 0.717) is 6.04 Å². The largest absolute Gasteiger partial charge is 0.382 e. The molecular weight excluding hydrogens is 231 g/mol. The Morgan fingerprint density at radius 3 is 2.78 bits per heavy atom. The summed E-state index contributed by atoms with van der Waals surface area (Å²) in [5.41, 5.74) is 1.10. The van der Waals surface area contributed by atoms with E-state index in [4.69, 9.17) is 0 Å². The number of nitrogens with one attached hydrogen (secondary N) is 2. The van der Waals surface area contributed by atoms with Crippen molar-refractivity contribution in [1.29, 1.82) is 0 Å². The number of anilines is 2. The highest BCUT2D eigenvalue weighted by molar-refractivity contribution is 5.89. The molecule has 1 amide bonds. The van der Waals surface area contributed by atoms with E-state index < -0.39 is 5.82 Å². The number of rotatable bonds is 3. The molecule has 3 nitrogen and oxygen atoms in total. The molecule has 0 saturated heterocycles. The molecule has 0 aromatic heterocycles. The number of halogens is 1. The zero-order valence-corrected chi connectivity index (χ0v) is 10.8. The van der Waals surface area contributed by atoms with Gasteiger partial charge in [0, 0.05) is 18.7 Å². The average Bonchev–Trinajstić information content (AvgIpc) is 2.68. The maximum absolute atomic E-state index is 13.5. The summed E-state index contributed by atoms with van der Waals surface area (Å²) >= 11 is 0. The van der Waals surface area contributed by atoms with Gasteiger partial charge in [-0.05, 0) is 43.4 Å². The number of hydrogen-bond acceptors (Lipinski definition) is 2. The van der Waals surface area contributed by atoms with Crippen LogP contribution in [0.3, 0.4) is 0 Å². The maximum Gasteiger partial charge on any atom is 0.221 e. The summed E-state index contributed by atoms with van der Waals surface area (Å²) < 4.78 is 13.5. The lowest BCUT2D eigenvalue weighted by molar-refractivity contribution is -0.114. The van der Waals surface area contributed by atoms with Crippen molar-refractivity contribution in [3.05, 3.63) is 24.0 Å². The van der Waals surface area contributed by atoms with Crippen molar-refractivity contribution in [1.82, 2.24) is 0 Å². The molecule has 0 bridgehead atoms. The average molecular weight is 250 g/mol. The van der Waals surface area contributed by atoms with Crippen molar-refractivity contribution in [2.24, 2.45) is 5.92 Å². The van der Waals surface area contributed by atoms with Gasteiger partial charge >= 0.3 is 0 Å². The minimum absolute atomic E-state index is 0.235. The molecule has 18 heavy (non-hydrogen) atoms. The van der Waals surface area contributed by atoms with Crippen LogP contribution in [-0.4, -0.2) is 11.9 Å². The van der Waals surface area contributed by atoms with Crippen molar-refractivity contribution >= 4 is 17.3 Å². The Bertz CT molecular complexity index is 447. The van der Waals surface area contributed by atoms with Crippen molar-refractivity contribution in [2.75, 3.05) is 10.6 Å². The number of amides is 1. The highest BCUT2D eigenvalue weighted by atomic mass is 19.1. The lowest BCUT2D eigenvalue weighted by atomic mass is 10.1. The van der Waals surface area contributed by atoms with Gasteiger partial charge in [0.25, 0.3) is 0 Å². The fraction of sp³-hybridized carbons (Fsp3) is 0.500. The van der Waals surface area contributed by atoms with Gasteiger partial charge < -0.3 is 10.6 Å². The van der Waals surface area contributed by atoms with E-state index in [2.05, 4.69) is 17.6 Å².